The Hall–Kier alpha value is -3.30. The number of ether oxygens (including phenoxy) is 1. The largest absolute Gasteiger partial charge is 0.457 e. The predicted octanol–water partition coefficient (Wildman–Crippen LogP) is 7.69. The maximum atomic E-state index is 5.81. The predicted molar refractivity (Wildman–Crippen MR) is 122 cm³/mol. The number of aryl methyl sites for hydroxylation is 1. The maximum absolute atomic E-state index is 5.81. The van der Waals surface area contributed by atoms with E-state index in [4.69, 9.17) is 4.74 Å². The van der Waals surface area contributed by atoms with Gasteiger partial charge in [0.25, 0.3) is 0 Å². The Morgan fingerprint density at radius 3 is 1.90 bits per heavy atom. The van der Waals surface area contributed by atoms with Gasteiger partial charge in [-0.25, -0.2) is 0 Å². The first kappa shape index (κ1) is 19.0. The molecule has 0 atom stereocenters. The highest BCUT2D eigenvalue weighted by Crippen LogP contribution is 2.28. The van der Waals surface area contributed by atoms with Crippen LogP contribution in [0, 0.1) is 6.92 Å². The highest BCUT2D eigenvalue weighted by atomic mass is 32.2. The second-order valence-electron chi connectivity index (χ2n) is 6.65. The summed E-state index contributed by atoms with van der Waals surface area (Å²) in [5.41, 5.74) is 3.24. The lowest BCUT2D eigenvalue weighted by Crippen LogP contribution is -1.83. The summed E-state index contributed by atoms with van der Waals surface area (Å²) in [6, 6.07) is 34.6. The van der Waals surface area contributed by atoms with Gasteiger partial charge < -0.3 is 4.74 Å². The van der Waals surface area contributed by atoms with Crippen LogP contribution in [0.25, 0.3) is 0 Å². The standard InChI is InChI=1S/C26H21NOS/c1-20-7-15-25(16-8-20)29-26-17-9-21(10-18-26)19-27-22-11-13-24(14-12-22)28-23-5-3-2-4-6-23/h2-19H,1H3. The molecule has 0 spiro atoms. The van der Waals surface area contributed by atoms with Crippen LogP contribution in [0.3, 0.4) is 0 Å². The number of aliphatic imine (C=N–C) groups is 1. The lowest BCUT2D eigenvalue weighted by molar-refractivity contribution is 0.483. The van der Waals surface area contributed by atoms with Crippen LogP contribution in [0.2, 0.25) is 0 Å². The summed E-state index contributed by atoms with van der Waals surface area (Å²) in [6.07, 6.45) is 1.88. The minimum Gasteiger partial charge on any atom is -0.457 e. The van der Waals surface area contributed by atoms with Crippen molar-refractivity contribution < 1.29 is 4.74 Å². The Bertz CT molecular complexity index is 1070. The molecule has 4 aromatic carbocycles. The van der Waals surface area contributed by atoms with Gasteiger partial charge in [-0.15, -0.1) is 0 Å². The van der Waals surface area contributed by atoms with E-state index < -0.39 is 0 Å². The van der Waals surface area contributed by atoms with E-state index in [1.807, 2.05) is 60.8 Å². The molecule has 0 heterocycles. The first-order valence-electron chi connectivity index (χ1n) is 9.46. The Morgan fingerprint density at radius 2 is 1.24 bits per heavy atom. The Labute approximate surface area is 175 Å². The van der Waals surface area contributed by atoms with Crippen LogP contribution in [0.5, 0.6) is 11.5 Å². The van der Waals surface area contributed by atoms with Crippen molar-refractivity contribution in [1.29, 1.82) is 0 Å². The average Bonchev–Trinajstić information content (AvgIpc) is 2.77. The number of para-hydroxylation sites is 1. The smallest absolute Gasteiger partial charge is 0.127 e. The van der Waals surface area contributed by atoms with E-state index in [-0.39, 0.29) is 0 Å². The number of rotatable bonds is 6. The molecular weight excluding hydrogens is 374 g/mol. The zero-order valence-electron chi connectivity index (χ0n) is 16.2. The van der Waals surface area contributed by atoms with Crippen LogP contribution in [-0.4, -0.2) is 6.21 Å². The molecular formula is C26H21NOS. The second-order valence-corrected chi connectivity index (χ2v) is 7.80. The molecule has 0 radical (unpaired) electrons. The molecule has 0 saturated heterocycles. The van der Waals surface area contributed by atoms with E-state index in [9.17, 15) is 0 Å². The van der Waals surface area contributed by atoms with Gasteiger partial charge in [-0.05, 0) is 73.2 Å². The first-order chi connectivity index (χ1) is 14.2. The van der Waals surface area contributed by atoms with Crippen LogP contribution in [0.1, 0.15) is 11.1 Å². The summed E-state index contributed by atoms with van der Waals surface area (Å²) in [7, 11) is 0. The highest BCUT2D eigenvalue weighted by Gasteiger charge is 1.99. The molecule has 0 aliphatic carbocycles. The molecule has 0 saturated carbocycles. The van der Waals surface area contributed by atoms with Crippen molar-refractivity contribution in [2.24, 2.45) is 4.99 Å². The summed E-state index contributed by atoms with van der Waals surface area (Å²) in [5, 5.41) is 0. The molecule has 0 aromatic heterocycles. The molecule has 3 heteroatoms. The molecule has 0 N–H and O–H groups in total. The van der Waals surface area contributed by atoms with E-state index in [1.54, 1.807) is 11.8 Å². The maximum Gasteiger partial charge on any atom is 0.127 e. The molecule has 0 unspecified atom stereocenters. The second kappa shape index (κ2) is 9.26. The number of hydrogen-bond acceptors (Lipinski definition) is 3. The van der Waals surface area contributed by atoms with Crippen molar-refractivity contribution in [2.45, 2.75) is 16.7 Å². The van der Waals surface area contributed by atoms with Crippen LogP contribution in [0.4, 0.5) is 5.69 Å². The number of nitrogens with zero attached hydrogens (tertiary/aromatic N) is 1. The fourth-order valence-electron chi connectivity index (χ4n) is 2.74. The van der Waals surface area contributed by atoms with Gasteiger partial charge >= 0.3 is 0 Å². The monoisotopic (exact) mass is 395 g/mol. The molecule has 0 aliphatic heterocycles. The highest BCUT2D eigenvalue weighted by molar-refractivity contribution is 7.99. The third-order valence-electron chi connectivity index (χ3n) is 4.32. The molecule has 29 heavy (non-hydrogen) atoms. The first-order valence-corrected chi connectivity index (χ1v) is 10.3. The molecule has 4 aromatic rings. The lowest BCUT2D eigenvalue weighted by atomic mass is 10.2. The van der Waals surface area contributed by atoms with E-state index in [0.29, 0.717) is 0 Å². The molecule has 2 nitrogen and oxygen atoms in total. The van der Waals surface area contributed by atoms with E-state index in [1.165, 1.54) is 15.4 Å². The van der Waals surface area contributed by atoms with Gasteiger partial charge in [0.2, 0.25) is 0 Å². The van der Waals surface area contributed by atoms with Crippen molar-refractivity contribution in [3.63, 3.8) is 0 Å². The van der Waals surface area contributed by atoms with Crippen molar-refractivity contribution in [3.8, 4) is 11.5 Å². The van der Waals surface area contributed by atoms with Crippen LogP contribution >= 0.6 is 11.8 Å². The molecule has 142 valence electrons. The third kappa shape index (κ3) is 5.59. The van der Waals surface area contributed by atoms with E-state index >= 15 is 0 Å². The van der Waals surface area contributed by atoms with Crippen LogP contribution < -0.4 is 4.74 Å². The Kier molecular flexibility index (Phi) is 6.08. The summed E-state index contributed by atoms with van der Waals surface area (Å²) in [4.78, 5) is 7.02. The minimum atomic E-state index is 0.799. The third-order valence-corrected chi connectivity index (χ3v) is 5.33. The zero-order valence-corrected chi connectivity index (χ0v) is 17.0. The van der Waals surface area contributed by atoms with Gasteiger partial charge in [-0.3, -0.25) is 4.99 Å². The zero-order chi connectivity index (χ0) is 19.9. The van der Waals surface area contributed by atoms with Gasteiger partial charge in [0.15, 0.2) is 0 Å². The van der Waals surface area contributed by atoms with Crippen molar-refractivity contribution in [1.82, 2.24) is 0 Å². The minimum absolute atomic E-state index is 0.799. The summed E-state index contributed by atoms with van der Waals surface area (Å²) in [5.74, 6) is 1.62. The lowest BCUT2D eigenvalue weighted by Gasteiger charge is -2.05. The number of benzene rings is 4. The summed E-state index contributed by atoms with van der Waals surface area (Å²) >= 11 is 1.76. The quantitative estimate of drug-likeness (QED) is 0.312. The molecule has 0 fully saturated rings. The Balaban J connectivity index is 1.36. The van der Waals surface area contributed by atoms with Crippen LogP contribution in [0.15, 0.2) is 118 Å². The molecule has 4 rings (SSSR count). The summed E-state index contributed by atoms with van der Waals surface area (Å²) in [6.45, 7) is 2.10. The van der Waals surface area contributed by atoms with Gasteiger partial charge in [0, 0.05) is 16.0 Å². The van der Waals surface area contributed by atoms with Crippen molar-refractivity contribution in [3.05, 3.63) is 114 Å². The van der Waals surface area contributed by atoms with E-state index in [2.05, 4.69) is 60.4 Å². The Morgan fingerprint density at radius 1 is 0.655 bits per heavy atom. The van der Waals surface area contributed by atoms with Crippen molar-refractivity contribution >= 4 is 23.7 Å². The molecule has 0 bridgehead atoms. The van der Waals surface area contributed by atoms with Gasteiger partial charge in [-0.1, -0.05) is 59.8 Å². The van der Waals surface area contributed by atoms with Crippen LogP contribution in [-0.2, 0) is 0 Å². The average molecular weight is 396 g/mol. The van der Waals surface area contributed by atoms with Gasteiger partial charge in [0.1, 0.15) is 11.5 Å². The number of hydrogen-bond donors (Lipinski definition) is 0. The topological polar surface area (TPSA) is 21.6 Å². The fourth-order valence-corrected chi connectivity index (χ4v) is 3.55. The normalized spacial score (nSPS) is 10.9. The van der Waals surface area contributed by atoms with Gasteiger partial charge in [0.05, 0.1) is 5.69 Å². The van der Waals surface area contributed by atoms with Gasteiger partial charge in [-0.2, -0.15) is 0 Å². The molecule has 0 aliphatic rings. The van der Waals surface area contributed by atoms with E-state index in [0.717, 1.165) is 22.7 Å². The fraction of sp³-hybridized carbons (Fsp3) is 0.0385. The summed E-state index contributed by atoms with van der Waals surface area (Å²) < 4.78 is 5.81. The SMILES string of the molecule is Cc1ccc(Sc2ccc(C=Nc3ccc(Oc4ccccc4)cc3)cc2)cc1. The molecule has 0 amide bonds. The van der Waals surface area contributed by atoms with Crippen molar-refractivity contribution in [2.75, 3.05) is 0 Å².